The lowest BCUT2D eigenvalue weighted by molar-refractivity contribution is 0.146. The smallest absolute Gasteiger partial charge is 0.0610 e. The molecule has 0 spiro atoms. The zero-order chi connectivity index (χ0) is 13.6. The molecule has 0 aromatic carbocycles. The van der Waals surface area contributed by atoms with Crippen molar-refractivity contribution < 1.29 is 5.11 Å². The van der Waals surface area contributed by atoms with Gasteiger partial charge >= 0.3 is 0 Å². The summed E-state index contributed by atoms with van der Waals surface area (Å²) in [6.07, 6.45) is 3.66. The van der Waals surface area contributed by atoms with Crippen molar-refractivity contribution in [3.8, 4) is 0 Å². The minimum atomic E-state index is -0.144. The van der Waals surface area contributed by atoms with Gasteiger partial charge in [-0.3, -0.25) is 4.90 Å². The summed E-state index contributed by atoms with van der Waals surface area (Å²) in [6.45, 7) is 9.15. The fourth-order valence-corrected chi connectivity index (χ4v) is 2.69. The summed E-state index contributed by atoms with van der Waals surface area (Å²) in [6, 6.07) is 0.731. The normalized spacial score (nSPS) is 24.7. The van der Waals surface area contributed by atoms with Crippen LogP contribution in [0, 0.1) is 0 Å². The van der Waals surface area contributed by atoms with Gasteiger partial charge in [-0.2, -0.15) is 0 Å². The maximum Gasteiger partial charge on any atom is 0.0610 e. The molecule has 2 N–H and O–H groups in total. The van der Waals surface area contributed by atoms with Crippen molar-refractivity contribution in [1.82, 2.24) is 15.1 Å². The molecule has 0 aliphatic carbocycles. The highest BCUT2D eigenvalue weighted by Gasteiger charge is 2.25. The highest BCUT2D eigenvalue weighted by Crippen LogP contribution is 2.18. The van der Waals surface area contributed by atoms with Crippen LogP contribution in [0.4, 0.5) is 0 Å². The quantitative estimate of drug-likeness (QED) is 0.673. The molecule has 18 heavy (non-hydrogen) atoms. The molecule has 2 unspecified atom stereocenters. The van der Waals surface area contributed by atoms with E-state index in [4.69, 9.17) is 0 Å². The standard InChI is InChI=1S/C14H31N3O/c1-5-17-9-6-7-13(17)11-16(4)10-8-14(2,12-18)15-3/h13,15,18H,5-12H2,1-4H3. The average molecular weight is 257 g/mol. The SMILES string of the molecule is CCN1CCCC1CN(C)CCC(C)(CO)NC. The molecule has 1 rings (SSSR count). The number of likely N-dealkylation sites (N-methyl/N-ethyl adjacent to an activating group) is 3. The second kappa shape index (κ2) is 7.43. The van der Waals surface area contributed by atoms with Crippen LogP contribution in [-0.4, -0.2) is 73.4 Å². The highest BCUT2D eigenvalue weighted by atomic mass is 16.3. The van der Waals surface area contributed by atoms with Gasteiger partial charge in [0.05, 0.1) is 6.61 Å². The Bertz CT molecular complexity index is 231. The summed E-state index contributed by atoms with van der Waals surface area (Å²) >= 11 is 0. The molecule has 1 aliphatic rings. The molecule has 0 saturated carbocycles. The fraction of sp³-hybridized carbons (Fsp3) is 1.00. The van der Waals surface area contributed by atoms with E-state index in [1.54, 1.807) is 0 Å². The van der Waals surface area contributed by atoms with Crippen molar-refractivity contribution in [3.63, 3.8) is 0 Å². The van der Waals surface area contributed by atoms with E-state index < -0.39 is 0 Å². The number of hydrogen-bond donors (Lipinski definition) is 2. The largest absolute Gasteiger partial charge is 0.394 e. The van der Waals surface area contributed by atoms with E-state index in [1.807, 2.05) is 7.05 Å². The Hall–Kier alpha value is -0.160. The van der Waals surface area contributed by atoms with E-state index in [0.29, 0.717) is 0 Å². The third-order valence-electron chi connectivity index (χ3n) is 4.43. The van der Waals surface area contributed by atoms with Crippen molar-refractivity contribution in [1.29, 1.82) is 0 Å². The van der Waals surface area contributed by atoms with E-state index in [-0.39, 0.29) is 12.1 Å². The van der Waals surface area contributed by atoms with Gasteiger partial charge in [-0.05, 0) is 59.9 Å². The first-order valence-electron chi connectivity index (χ1n) is 7.27. The zero-order valence-corrected chi connectivity index (χ0v) is 12.6. The van der Waals surface area contributed by atoms with Crippen LogP contribution >= 0.6 is 0 Å². The molecule has 0 aromatic heterocycles. The molecule has 2 atom stereocenters. The number of nitrogens with one attached hydrogen (secondary N) is 1. The van der Waals surface area contributed by atoms with Gasteiger partial charge < -0.3 is 15.3 Å². The molecule has 108 valence electrons. The molecule has 1 fully saturated rings. The molecular weight excluding hydrogens is 226 g/mol. The molecule has 0 radical (unpaired) electrons. The van der Waals surface area contributed by atoms with Crippen LogP contribution < -0.4 is 5.32 Å². The van der Waals surface area contributed by atoms with E-state index in [2.05, 4.69) is 36.0 Å². The number of rotatable bonds is 8. The van der Waals surface area contributed by atoms with E-state index in [0.717, 1.165) is 25.6 Å². The molecule has 4 heteroatoms. The van der Waals surface area contributed by atoms with Gasteiger partial charge in [-0.15, -0.1) is 0 Å². The van der Waals surface area contributed by atoms with Crippen LogP contribution in [-0.2, 0) is 0 Å². The lowest BCUT2D eigenvalue weighted by Crippen LogP contribution is -2.47. The van der Waals surface area contributed by atoms with E-state index in [1.165, 1.54) is 25.9 Å². The van der Waals surface area contributed by atoms with Gasteiger partial charge in [0, 0.05) is 18.1 Å². The Morgan fingerprint density at radius 1 is 1.50 bits per heavy atom. The molecule has 0 aromatic rings. The van der Waals surface area contributed by atoms with Crippen molar-refractivity contribution in [2.45, 2.75) is 44.7 Å². The molecule has 0 bridgehead atoms. The molecule has 1 aliphatic heterocycles. The van der Waals surface area contributed by atoms with Gasteiger partial charge in [0.15, 0.2) is 0 Å². The maximum absolute atomic E-state index is 9.37. The lowest BCUT2D eigenvalue weighted by Gasteiger charge is -2.32. The van der Waals surface area contributed by atoms with Gasteiger partial charge in [-0.25, -0.2) is 0 Å². The minimum absolute atomic E-state index is 0.144. The summed E-state index contributed by atoms with van der Waals surface area (Å²) in [5, 5.41) is 12.6. The van der Waals surface area contributed by atoms with E-state index >= 15 is 0 Å². The first-order chi connectivity index (χ1) is 8.54. The minimum Gasteiger partial charge on any atom is -0.394 e. The third-order valence-corrected chi connectivity index (χ3v) is 4.43. The molecule has 0 amide bonds. The first kappa shape index (κ1) is 15.9. The van der Waals surface area contributed by atoms with Crippen molar-refractivity contribution in [2.24, 2.45) is 0 Å². The van der Waals surface area contributed by atoms with Crippen LogP contribution in [0.3, 0.4) is 0 Å². The zero-order valence-electron chi connectivity index (χ0n) is 12.6. The second-order valence-electron chi connectivity index (χ2n) is 5.91. The Balaban J connectivity index is 2.31. The molecule has 1 saturated heterocycles. The Morgan fingerprint density at radius 2 is 2.22 bits per heavy atom. The summed E-state index contributed by atoms with van der Waals surface area (Å²) in [4.78, 5) is 4.99. The molecule has 4 nitrogen and oxygen atoms in total. The summed E-state index contributed by atoms with van der Waals surface area (Å²) in [5.41, 5.74) is -0.144. The van der Waals surface area contributed by atoms with Gasteiger partial charge in [0.2, 0.25) is 0 Å². The summed E-state index contributed by atoms with van der Waals surface area (Å²) in [7, 11) is 4.12. The third kappa shape index (κ3) is 4.50. The van der Waals surface area contributed by atoms with E-state index in [9.17, 15) is 5.11 Å². The Morgan fingerprint density at radius 3 is 2.78 bits per heavy atom. The van der Waals surface area contributed by atoms with Gasteiger partial charge in [0.25, 0.3) is 0 Å². The predicted octanol–water partition coefficient (Wildman–Crippen LogP) is 0.763. The average Bonchev–Trinajstić information content (AvgIpc) is 2.83. The van der Waals surface area contributed by atoms with Crippen LogP contribution in [0.2, 0.25) is 0 Å². The second-order valence-corrected chi connectivity index (χ2v) is 5.91. The van der Waals surface area contributed by atoms with Crippen LogP contribution in [0.15, 0.2) is 0 Å². The van der Waals surface area contributed by atoms with Crippen LogP contribution in [0.25, 0.3) is 0 Å². The fourth-order valence-electron chi connectivity index (χ4n) is 2.69. The van der Waals surface area contributed by atoms with Gasteiger partial charge in [0.1, 0.15) is 0 Å². The van der Waals surface area contributed by atoms with Crippen molar-refractivity contribution in [2.75, 3.05) is 46.9 Å². The van der Waals surface area contributed by atoms with Crippen LogP contribution in [0.1, 0.15) is 33.1 Å². The topological polar surface area (TPSA) is 38.7 Å². The Labute approximate surface area is 112 Å². The number of aliphatic hydroxyl groups is 1. The molecule has 1 heterocycles. The lowest BCUT2D eigenvalue weighted by atomic mass is 9.99. The summed E-state index contributed by atoms with van der Waals surface area (Å²) < 4.78 is 0. The number of aliphatic hydroxyl groups excluding tert-OH is 1. The monoisotopic (exact) mass is 257 g/mol. The first-order valence-corrected chi connectivity index (χ1v) is 7.27. The van der Waals surface area contributed by atoms with Crippen molar-refractivity contribution in [3.05, 3.63) is 0 Å². The predicted molar refractivity (Wildman–Crippen MR) is 76.9 cm³/mol. The number of nitrogens with zero attached hydrogens (tertiary/aromatic N) is 2. The van der Waals surface area contributed by atoms with Crippen molar-refractivity contribution >= 4 is 0 Å². The van der Waals surface area contributed by atoms with Gasteiger partial charge in [-0.1, -0.05) is 6.92 Å². The van der Waals surface area contributed by atoms with Crippen LogP contribution in [0.5, 0.6) is 0 Å². The number of hydrogen-bond acceptors (Lipinski definition) is 4. The highest BCUT2D eigenvalue weighted by molar-refractivity contribution is 4.84. The maximum atomic E-state index is 9.37. The Kier molecular flexibility index (Phi) is 6.57. The number of likely N-dealkylation sites (tertiary alicyclic amines) is 1. The summed E-state index contributed by atoms with van der Waals surface area (Å²) in [5.74, 6) is 0. The molecular formula is C14H31N3O.